The second kappa shape index (κ2) is 7.49. The molecule has 3 rings (SSSR count). The number of nitro groups is 1. The van der Waals surface area contributed by atoms with E-state index in [1.807, 2.05) is 13.8 Å². The molecular weight excluding hydrogens is 391 g/mol. The Hall–Kier alpha value is -3.50. The van der Waals surface area contributed by atoms with Crippen LogP contribution in [0, 0.1) is 16.0 Å². The minimum atomic E-state index is -4.76. The van der Waals surface area contributed by atoms with Gasteiger partial charge in [0.15, 0.2) is 17.0 Å². The zero-order chi connectivity index (χ0) is 21.3. The number of fused-ring (bicyclic) bond motifs is 1. The van der Waals surface area contributed by atoms with Crippen molar-refractivity contribution in [1.29, 1.82) is 0 Å². The van der Waals surface area contributed by atoms with Gasteiger partial charge in [-0.05, 0) is 24.1 Å². The lowest BCUT2D eigenvalue weighted by atomic mass is 10.1. The Balaban J connectivity index is 2.09. The highest BCUT2D eigenvalue weighted by molar-refractivity contribution is 5.93. The van der Waals surface area contributed by atoms with Gasteiger partial charge >= 0.3 is 6.18 Å². The summed E-state index contributed by atoms with van der Waals surface area (Å²) in [4.78, 5) is 26.5. The maximum atomic E-state index is 13.6. The van der Waals surface area contributed by atoms with Crippen molar-refractivity contribution in [2.24, 2.45) is 5.92 Å². The molecule has 0 radical (unpaired) electrons. The van der Waals surface area contributed by atoms with Crippen LogP contribution >= 0.6 is 0 Å². The second-order valence-electron chi connectivity index (χ2n) is 6.73. The Morgan fingerprint density at radius 2 is 1.90 bits per heavy atom. The summed E-state index contributed by atoms with van der Waals surface area (Å²) in [6, 6.07) is 6.93. The van der Waals surface area contributed by atoms with Gasteiger partial charge in [-0.2, -0.15) is 18.3 Å². The van der Waals surface area contributed by atoms with Gasteiger partial charge in [-0.1, -0.05) is 13.8 Å². The number of halogens is 3. The lowest BCUT2D eigenvalue weighted by molar-refractivity contribution is -0.384. The van der Waals surface area contributed by atoms with Gasteiger partial charge < -0.3 is 5.32 Å². The van der Waals surface area contributed by atoms with E-state index in [2.05, 4.69) is 15.4 Å². The highest BCUT2D eigenvalue weighted by atomic mass is 19.4. The molecular formula is C18H16F3N5O3. The molecule has 0 saturated heterocycles. The van der Waals surface area contributed by atoms with Crippen LogP contribution in [0.4, 0.5) is 18.9 Å². The van der Waals surface area contributed by atoms with Crippen LogP contribution in [0.1, 0.15) is 30.0 Å². The van der Waals surface area contributed by atoms with Crippen molar-refractivity contribution in [3.63, 3.8) is 0 Å². The summed E-state index contributed by atoms with van der Waals surface area (Å²) < 4.78 is 41.3. The van der Waals surface area contributed by atoms with Gasteiger partial charge in [-0.25, -0.2) is 9.50 Å². The zero-order valence-electron chi connectivity index (χ0n) is 15.4. The van der Waals surface area contributed by atoms with Crippen molar-refractivity contribution in [2.45, 2.75) is 20.0 Å². The van der Waals surface area contributed by atoms with Crippen LogP contribution in [0.15, 0.2) is 36.4 Å². The molecule has 0 aliphatic rings. The van der Waals surface area contributed by atoms with E-state index < -0.39 is 22.7 Å². The van der Waals surface area contributed by atoms with Crippen LogP contribution in [0.25, 0.3) is 16.9 Å². The molecule has 1 amide bonds. The van der Waals surface area contributed by atoms with Crippen molar-refractivity contribution in [1.82, 2.24) is 19.9 Å². The van der Waals surface area contributed by atoms with Crippen molar-refractivity contribution in [3.8, 4) is 11.3 Å². The van der Waals surface area contributed by atoms with Gasteiger partial charge in [0.2, 0.25) is 0 Å². The molecule has 2 heterocycles. The minimum absolute atomic E-state index is 0.0474. The SMILES string of the molecule is CC(C)CNC(=O)c1cc2nc(-c3ccc([N+](=O)[O-])cc3)cc(C(F)(F)F)n2n1. The summed E-state index contributed by atoms with van der Waals surface area (Å²) in [6.45, 7) is 4.10. The summed E-state index contributed by atoms with van der Waals surface area (Å²) in [5.74, 6) is -0.442. The van der Waals surface area contributed by atoms with Crippen LogP contribution < -0.4 is 5.32 Å². The molecule has 1 N–H and O–H groups in total. The van der Waals surface area contributed by atoms with E-state index in [0.717, 1.165) is 6.07 Å². The maximum Gasteiger partial charge on any atom is 0.433 e. The summed E-state index contributed by atoms with van der Waals surface area (Å²) in [5.41, 5.74) is -1.45. The molecule has 29 heavy (non-hydrogen) atoms. The number of aromatic nitrogens is 3. The second-order valence-corrected chi connectivity index (χ2v) is 6.73. The smallest absolute Gasteiger partial charge is 0.350 e. The fourth-order valence-corrected chi connectivity index (χ4v) is 2.58. The maximum absolute atomic E-state index is 13.6. The van der Waals surface area contributed by atoms with Crippen LogP contribution in [0.5, 0.6) is 0 Å². The molecule has 0 spiro atoms. The lowest BCUT2D eigenvalue weighted by Gasteiger charge is -2.11. The molecule has 0 unspecified atom stereocenters. The average molecular weight is 407 g/mol. The largest absolute Gasteiger partial charge is 0.433 e. The number of nitro benzene ring substituents is 1. The number of carbonyl (C=O) groups is 1. The normalized spacial score (nSPS) is 11.8. The molecule has 8 nitrogen and oxygen atoms in total. The van der Waals surface area contributed by atoms with Gasteiger partial charge in [0.25, 0.3) is 11.6 Å². The van der Waals surface area contributed by atoms with Gasteiger partial charge in [0.05, 0.1) is 10.6 Å². The van der Waals surface area contributed by atoms with Crippen LogP contribution in [-0.2, 0) is 6.18 Å². The first-order valence-corrected chi connectivity index (χ1v) is 8.57. The molecule has 11 heteroatoms. The molecule has 2 aromatic heterocycles. The van der Waals surface area contributed by atoms with Gasteiger partial charge in [-0.3, -0.25) is 14.9 Å². The third kappa shape index (κ3) is 4.33. The molecule has 0 aliphatic heterocycles. The van der Waals surface area contributed by atoms with Gasteiger partial charge in [0.1, 0.15) is 0 Å². The Kier molecular flexibility index (Phi) is 5.23. The van der Waals surface area contributed by atoms with Crippen molar-refractivity contribution in [2.75, 3.05) is 6.54 Å². The standard InChI is InChI=1S/C18H16F3N5O3/c1-10(2)9-22-17(27)14-8-16-23-13(7-15(18(19,20)21)25(16)24-14)11-3-5-12(6-4-11)26(28)29/h3-8,10H,9H2,1-2H3,(H,22,27). The third-order valence-corrected chi connectivity index (χ3v) is 4.00. The first kappa shape index (κ1) is 20.2. The Labute approximate surface area is 162 Å². The number of rotatable bonds is 5. The monoisotopic (exact) mass is 407 g/mol. The topological polar surface area (TPSA) is 102 Å². The molecule has 3 aromatic rings. The first-order valence-electron chi connectivity index (χ1n) is 8.57. The molecule has 1 aromatic carbocycles. The van der Waals surface area contributed by atoms with E-state index in [4.69, 9.17) is 0 Å². The van der Waals surface area contributed by atoms with Crippen molar-refractivity contribution in [3.05, 3.63) is 57.9 Å². The number of amides is 1. The van der Waals surface area contributed by atoms with Gasteiger partial charge in [0, 0.05) is 30.3 Å². The van der Waals surface area contributed by atoms with Crippen LogP contribution in [0.3, 0.4) is 0 Å². The number of carbonyl (C=O) groups excluding carboxylic acids is 1. The summed E-state index contributed by atoms with van der Waals surface area (Å²) in [5, 5.41) is 17.1. The van der Waals surface area contributed by atoms with E-state index in [1.54, 1.807) is 0 Å². The van der Waals surface area contributed by atoms with E-state index in [0.29, 0.717) is 11.1 Å². The number of alkyl halides is 3. The number of benzene rings is 1. The summed E-state index contributed by atoms with van der Waals surface area (Å²) >= 11 is 0. The van der Waals surface area contributed by atoms with Crippen molar-refractivity contribution >= 4 is 17.2 Å². The number of hydrogen-bond donors (Lipinski definition) is 1. The van der Waals surface area contributed by atoms with Crippen molar-refractivity contribution < 1.29 is 22.9 Å². The first-order chi connectivity index (χ1) is 13.6. The average Bonchev–Trinajstić information content (AvgIpc) is 3.08. The Morgan fingerprint density at radius 1 is 1.24 bits per heavy atom. The lowest BCUT2D eigenvalue weighted by Crippen LogP contribution is -2.27. The summed E-state index contributed by atoms with van der Waals surface area (Å²) in [7, 11) is 0. The summed E-state index contributed by atoms with van der Waals surface area (Å²) in [6.07, 6.45) is -4.76. The van der Waals surface area contributed by atoms with E-state index in [9.17, 15) is 28.1 Å². The molecule has 0 atom stereocenters. The predicted molar refractivity (Wildman–Crippen MR) is 97.3 cm³/mol. The molecule has 0 aliphatic carbocycles. The predicted octanol–water partition coefficient (Wildman–Crippen LogP) is 3.71. The van der Waals surface area contributed by atoms with Crippen LogP contribution in [0.2, 0.25) is 0 Å². The fraction of sp³-hybridized carbons (Fsp3) is 0.278. The molecule has 0 saturated carbocycles. The van der Waals surface area contributed by atoms with E-state index in [1.165, 1.54) is 30.3 Å². The molecule has 152 valence electrons. The highest BCUT2D eigenvalue weighted by Crippen LogP contribution is 2.32. The molecule has 0 bridgehead atoms. The zero-order valence-corrected chi connectivity index (χ0v) is 15.4. The fourth-order valence-electron chi connectivity index (χ4n) is 2.58. The quantitative estimate of drug-likeness (QED) is 0.513. The number of non-ortho nitro benzene ring substituents is 1. The highest BCUT2D eigenvalue weighted by Gasteiger charge is 2.35. The Bertz CT molecular complexity index is 1070. The Morgan fingerprint density at radius 3 is 2.45 bits per heavy atom. The third-order valence-electron chi connectivity index (χ3n) is 4.00. The number of hydrogen-bond acceptors (Lipinski definition) is 5. The molecule has 0 fully saturated rings. The number of nitrogens with zero attached hydrogens (tertiary/aromatic N) is 4. The van der Waals surface area contributed by atoms with Crippen LogP contribution in [-0.4, -0.2) is 32.0 Å². The number of nitrogens with one attached hydrogen (secondary N) is 1. The van der Waals surface area contributed by atoms with Gasteiger partial charge in [-0.15, -0.1) is 0 Å². The minimum Gasteiger partial charge on any atom is -0.350 e. The van der Waals surface area contributed by atoms with E-state index in [-0.39, 0.29) is 34.2 Å². The van der Waals surface area contributed by atoms with E-state index >= 15 is 0 Å².